The number of fused-ring (bicyclic) bond motifs is 9. The molecular weight excluding hydrogens is 945 g/mol. The summed E-state index contributed by atoms with van der Waals surface area (Å²) in [5, 5.41) is 12.8. The van der Waals surface area contributed by atoms with Crippen molar-refractivity contribution < 1.29 is 17.4 Å². The van der Waals surface area contributed by atoms with Gasteiger partial charge in [-0.3, -0.25) is 15.0 Å². The second-order valence-electron chi connectivity index (χ2n) is 20.1. The summed E-state index contributed by atoms with van der Waals surface area (Å²) < 4.78 is 41.0. The van der Waals surface area contributed by atoms with E-state index in [1.54, 1.807) is 12.4 Å². The maximum Gasteiger partial charge on any atom is 0.304 e. The molecule has 15 nitrogen and oxygen atoms in total. The van der Waals surface area contributed by atoms with Crippen LogP contribution in [0.1, 0.15) is 42.0 Å². The Hall–Kier alpha value is -8.66. The number of pyridine rings is 3. The molecule has 0 unspecified atom stereocenters. The van der Waals surface area contributed by atoms with Crippen LogP contribution in [0.3, 0.4) is 0 Å². The number of hydrazine groups is 3. The number of nitrogens with zero attached hydrogens (tertiary/aromatic N) is 12. The number of hydrogen-bond acceptors (Lipinski definition) is 15. The van der Waals surface area contributed by atoms with Crippen molar-refractivity contribution in [3.05, 3.63) is 183 Å². The van der Waals surface area contributed by atoms with E-state index < -0.39 is 6.98 Å². The third-order valence-electron chi connectivity index (χ3n) is 14.9. The van der Waals surface area contributed by atoms with Crippen molar-refractivity contribution in [1.82, 2.24) is 49.6 Å². The van der Waals surface area contributed by atoms with E-state index in [0.717, 1.165) is 65.1 Å². The first kappa shape index (κ1) is 44.8. The van der Waals surface area contributed by atoms with E-state index >= 15 is 0 Å². The van der Waals surface area contributed by atoms with Crippen molar-refractivity contribution in [2.24, 2.45) is 0 Å². The largest absolute Gasteiger partial charge is 0.436 e. The van der Waals surface area contributed by atoms with E-state index in [1.807, 2.05) is 80.2 Å². The van der Waals surface area contributed by atoms with Crippen LogP contribution < -0.4 is 41.7 Å². The van der Waals surface area contributed by atoms with Crippen molar-refractivity contribution in [3.8, 4) is 0 Å². The molecule has 0 fully saturated rings. The number of hydrogen-bond donors (Lipinski definition) is 0. The van der Waals surface area contributed by atoms with Gasteiger partial charge in [0.15, 0.2) is 16.2 Å². The average Bonchev–Trinajstić information content (AvgIpc) is 4.34. The van der Waals surface area contributed by atoms with E-state index in [4.69, 9.17) is 17.4 Å². The van der Waals surface area contributed by atoms with Gasteiger partial charge >= 0.3 is 20.5 Å². The summed E-state index contributed by atoms with van der Waals surface area (Å²) in [5.74, 6) is 6.63. The fourth-order valence-electron chi connectivity index (χ4n) is 10.8. The van der Waals surface area contributed by atoms with Crippen molar-refractivity contribution in [3.63, 3.8) is 0 Å². The van der Waals surface area contributed by atoms with Crippen LogP contribution in [0.4, 0.5) is 11.4 Å². The summed E-state index contributed by atoms with van der Waals surface area (Å²) in [6, 6.07) is 33.1. The van der Waals surface area contributed by atoms with Crippen LogP contribution in [-0.4, -0.2) is 95.7 Å². The molecule has 0 bridgehead atoms. The van der Waals surface area contributed by atoms with Crippen LogP contribution in [-0.2, 0) is 0 Å². The first-order valence-electron chi connectivity index (χ1n) is 27.5. The lowest BCUT2D eigenvalue weighted by Crippen LogP contribution is -2.53. The Morgan fingerprint density at radius 1 is 0.434 bits per heavy atom. The maximum atomic E-state index is 7.64. The molecule has 2 aromatic carbocycles. The Bertz CT molecular complexity index is 3950. The average molecular weight is 1010 g/mol. The third kappa shape index (κ3) is 8.60. The lowest BCUT2D eigenvalue weighted by Gasteiger charge is -2.39. The van der Waals surface area contributed by atoms with Crippen LogP contribution in [0, 0.1) is 20.8 Å². The highest BCUT2D eigenvalue weighted by Gasteiger charge is 2.34. The van der Waals surface area contributed by atoms with Gasteiger partial charge in [0.2, 0.25) is 17.1 Å². The number of anilines is 2. The monoisotopic (exact) mass is 1010 g/mol. The SMILES string of the molecule is CB1C=c2c(oc3nc(C)ccc23)=CN1N1C=CN(c2ccccc2)[C@@H]1C.CB1C=c2c(oc3nc(C)ccc23)=CN1N1C=CN(c2ccccc2)[C@@H]1C.[2H]C([2H])([2H])N1C=CN(N2C=c3oc4nc(C)ccc4c3=CB2C)[C@H]1C. The molecule has 76 heavy (non-hydrogen) atoms. The smallest absolute Gasteiger partial charge is 0.304 e. The quantitative estimate of drug-likeness (QED) is 0.176. The van der Waals surface area contributed by atoms with Crippen LogP contribution >= 0.6 is 0 Å². The summed E-state index contributed by atoms with van der Waals surface area (Å²) in [7, 11) is 0. The van der Waals surface area contributed by atoms with Gasteiger partial charge in [-0.05, 0) is 102 Å². The number of aromatic nitrogens is 3. The van der Waals surface area contributed by atoms with Crippen LogP contribution in [0.15, 0.2) is 148 Å². The Labute approximate surface area is 447 Å². The second-order valence-corrected chi connectivity index (χ2v) is 20.1. The highest BCUT2D eigenvalue weighted by Crippen LogP contribution is 2.29. The minimum absolute atomic E-state index is 0.0539. The van der Waals surface area contributed by atoms with Crippen LogP contribution in [0.5, 0.6) is 0 Å². The molecule has 3 atom stereocenters. The molecular formula is C58H61B3N12O3. The van der Waals surface area contributed by atoms with E-state index in [-0.39, 0.29) is 39.0 Å². The fraction of sp³-hybridized carbons (Fsp3) is 0.224. The number of furan rings is 3. The van der Waals surface area contributed by atoms with Crippen molar-refractivity contribution >= 4 is 102 Å². The zero-order valence-corrected chi connectivity index (χ0v) is 44.2. The highest BCUT2D eigenvalue weighted by atomic mass is 16.3. The maximum absolute atomic E-state index is 7.64. The lowest BCUT2D eigenvalue weighted by molar-refractivity contribution is 0.0849. The molecule has 0 saturated heterocycles. The van der Waals surface area contributed by atoms with Gasteiger partial charge in [-0.2, -0.15) is 0 Å². The van der Waals surface area contributed by atoms with E-state index in [0.29, 0.717) is 17.1 Å². The zero-order chi connectivity index (χ0) is 55.0. The van der Waals surface area contributed by atoms with E-state index in [9.17, 15) is 0 Å². The molecule has 0 radical (unpaired) electrons. The molecule has 0 aliphatic carbocycles. The molecule has 0 saturated carbocycles. The Morgan fingerprint density at radius 3 is 1.12 bits per heavy atom. The molecule has 380 valence electrons. The van der Waals surface area contributed by atoms with E-state index in [1.165, 1.54) is 16.3 Å². The summed E-state index contributed by atoms with van der Waals surface area (Å²) in [6.07, 6.45) is 18.0. The Balaban J connectivity index is 0.000000118. The first-order valence-corrected chi connectivity index (χ1v) is 26.0. The molecule has 6 aliphatic heterocycles. The van der Waals surface area contributed by atoms with Gasteiger partial charge < -0.3 is 42.7 Å². The van der Waals surface area contributed by atoms with Gasteiger partial charge in [0.25, 0.3) is 0 Å². The topological polar surface area (TPSA) is 107 Å². The number of rotatable bonds is 5. The molecule has 6 aliphatic rings. The molecule has 0 N–H and O–H groups in total. The van der Waals surface area contributed by atoms with Gasteiger partial charge in [-0.1, -0.05) is 74.8 Å². The standard InChI is InChI=1S/2C21H21BN4O.C16H19BN4O/c2*1-15-9-10-18-19-13-22(3)26(14-20(19)27-21(18)23-15)25-12-11-24(16(25)2)17-7-5-4-6-8-17;1-11-5-6-13-14-9-17(3)21(10-15(14)22-16(13)18-11)20-8-7-19(4)12(20)2/h2*4-14,16H,1-3H3;5-10,12H,1-4H3/t2*16-;12-/m000/s1/i;;4D3. The molecule has 18 heteroatoms. The third-order valence-corrected chi connectivity index (χ3v) is 14.9. The minimum Gasteiger partial charge on any atom is -0.436 e. The fourth-order valence-corrected chi connectivity index (χ4v) is 10.8. The van der Waals surface area contributed by atoms with Gasteiger partial charge in [0, 0.05) is 109 Å². The van der Waals surface area contributed by atoms with Crippen molar-refractivity contribution in [2.45, 2.75) is 80.5 Å². The summed E-state index contributed by atoms with van der Waals surface area (Å²) in [4.78, 5) is 25.9. The normalized spacial score (nSPS) is 20.0. The summed E-state index contributed by atoms with van der Waals surface area (Å²) >= 11 is 0. The van der Waals surface area contributed by atoms with Gasteiger partial charge in [0.05, 0.1) is 18.6 Å². The van der Waals surface area contributed by atoms with Crippen molar-refractivity contribution in [2.75, 3.05) is 16.8 Å². The summed E-state index contributed by atoms with van der Waals surface area (Å²) in [6.45, 7) is 16.9. The molecule has 0 amide bonds. The molecule has 14 rings (SSSR count). The molecule has 6 aromatic heterocycles. The number of para-hydroxylation sites is 2. The molecule has 8 aromatic rings. The lowest BCUT2D eigenvalue weighted by atomic mass is 9.63. The van der Waals surface area contributed by atoms with Gasteiger partial charge in [0.1, 0.15) is 18.5 Å². The molecule has 12 heterocycles. The zero-order valence-electron chi connectivity index (χ0n) is 47.2. The predicted molar refractivity (Wildman–Crippen MR) is 308 cm³/mol. The van der Waals surface area contributed by atoms with Gasteiger partial charge in [-0.25, -0.2) is 15.0 Å². The van der Waals surface area contributed by atoms with Gasteiger partial charge in [-0.15, -0.1) is 0 Å². The first-order chi connectivity index (χ1) is 38.0. The van der Waals surface area contributed by atoms with Crippen LogP contribution in [0.2, 0.25) is 20.5 Å². The van der Waals surface area contributed by atoms with Crippen molar-refractivity contribution in [1.29, 1.82) is 0 Å². The van der Waals surface area contributed by atoms with Crippen LogP contribution in [0.25, 0.3) is 69.8 Å². The minimum atomic E-state index is -2.17. The predicted octanol–water partition coefficient (Wildman–Crippen LogP) is 6.48. The highest BCUT2D eigenvalue weighted by molar-refractivity contribution is 6.71. The molecule has 0 spiro atoms. The number of aryl methyl sites for hydroxylation is 3. The second kappa shape index (κ2) is 19.2. The number of benzene rings is 2. The Kier molecular flexibility index (Phi) is 11.3. The summed E-state index contributed by atoms with van der Waals surface area (Å²) in [5.41, 5.74) is 9.70. The van der Waals surface area contributed by atoms with E-state index in [2.05, 4.69) is 195 Å². The Morgan fingerprint density at radius 2 is 0.776 bits per heavy atom.